The molecule has 0 fully saturated rings. The van der Waals surface area contributed by atoms with Gasteiger partial charge in [0.25, 0.3) is 0 Å². The lowest BCUT2D eigenvalue weighted by Crippen LogP contribution is -2.21. The van der Waals surface area contributed by atoms with Gasteiger partial charge in [-0.2, -0.15) is 5.26 Å². The quantitative estimate of drug-likeness (QED) is 0.715. The largest absolute Gasteiger partial charge is 0.454 e. The lowest BCUT2D eigenvalue weighted by atomic mass is 9.83. The Kier molecular flexibility index (Phi) is 3.52. The molecule has 3 heterocycles. The Labute approximate surface area is 161 Å². The van der Waals surface area contributed by atoms with E-state index >= 15 is 0 Å². The van der Waals surface area contributed by atoms with Gasteiger partial charge in [-0.1, -0.05) is 35.9 Å². The summed E-state index contributed by atoms with van der Waals surface area (Å²) in [4.78, 5) is 0. The summed E-state index contributed by atoms with van der Waals surface area (Å²) in [5.41, 5.74) is 10.9. The number of nitrogens with zero attached hydrogens (tertiary/aromatic N) is 2. The number of H-pyrrole nitrogens is 1. The average Bonchev–Trinajstić information content (AvgIpc) is 3.33. The second kappa shape index (κ2) is 6.06. The Morgan fingerprint density at radius 3 is 2.71 bits per heavy atom. The van der Waals surface area contributed by atoms with Crippen molar-refractivity contribution in [3.05, 3.63) is 70.6 Å². The lowest BCUT2D eigenvalue weighted by molar-refractivity contribution is 0.174. The smallest absolute Gasteiger partial charge is 0.244 e. The van der Waals surface area contributed by atoms with Gasteiger partial charge in [-0.25, -0.2) is 0 Å². The highest BCUT2D eigenvalue weighted by Crippen LogP contribution is 2.47. The van der Waals surface area contributed by atoms with E-state index in [1.807, 2.05) is 49.4 Å². The number of rotatable bonds is 2. The van der Waals surface area contributed by atoms with Crippen LogP contribution in [0, 0.1) is 18.3 Å². The molecule has 0 bridgehead atoms. The second-order valence-corrected chi connectivity index (χ2v) is 6.72. The Morgan fingerprint density at radius 2 is 1.93 bits per heavy atom. The van der Waals surface area contributed by atoms with Crippen LogP contribution >= 0.6 is 0 Å². The Balaban J connectivity index is 1.71. The molecular formula is C21H16N4O3. The van der Waals surface area contributed by atoms with Crippen LogP contribution in [0.3, 0.4) is 0 Å². The molecule has 2 aliphatic heterocycles. The molecule has 7 heteroatoms. The minimum Gasteiger partial charge on any atom is -0.454 e. The summed E-state index contributed by atoms with van der Waals surface area (Å²) in [6, 6.07) is 15.9. The van der Waals surface area contributed by atoms with Crippen LogP contribution in [0.15, 0.2) is 53.9 Å². The van der Waals surface area contributed by atoms with Crippen molar-refractivity contribution in [1.29, 1.82) is 5.26 Å². The topological polar surface area (TPSA) is 106 Å². The maximum Gasteiger partial charge on any atom is 0.244 e. The fourth-order valence-electron chi connectivity index (χ4n) is 3.61. The zero-order chi connectivity index (χ0) is 19.3. The molecule has 0 amide bonds. The predicted molar refractivity (Wildman–Crippen MR) is 101 cm³/mol. The third kappa shape index (κ3) is 2.39. The third-order valence-electron chi connectivity index (χ3n) is 5.01. The van der Waals surface area contributed by atoms with Gasteiger partial charge in [-0.05, 0) is 24.6 Å². The zero-order valence-corrected chi connectivity index (χ0v) is 15.0. The first-order valence-electron chi connectivity index (χ1n) is 8.78. The van der Waals surface area contributed by atoms with Crippen LogP contribution in [0.25, 0.3) is 11.3 Å². The van der Waals surface area contributed by atoms with Gasteiger partial charge in [-0.15, -0.1) is 5.10 Å². The van der Waals surface area contributed by atoms with E-state index in [0.717, 1.165) is 27.9 Å². The van der Waals surface area contributed by atoms with Gasteiger partial charge >= 0.3 is 0 Å². The molecule has 0 saturated heterocycles. The lowest BCUT2D eigenvalue weighted by Gasteiger charge is -2.24. The SMILES string of the molecule is Cc1ccc(-c2[nH]nc3c2C(c2ccc4c(c2)OCO4)C(C#N)=C(N)O3)cc1. The average molecular weight is 372 g/mol. The first-order chi connectivity index (χ1) is 13.7. The number of benzene rings is 2. The van der Waals surface area contributed by atoms with Crippen LogP contribution < -0.4 is 19.9 Å². The molecular weight excluding hydrogens is 356 g/mol. The van der Waals surface area contributed by atoms with Crippen LogP contribution in [-0.2, 0) is 0 Å². The van der Waals surface area contributed by atoms with Crippen LogP contribution in [-0.4, -0.2) is 17.0 Å². The van der Waals surface area contributed by atoms with Crippen molar-refractivity contribution in [3.63, 3.8) is 0 Å². The number of fused-ring (bicyclic) bond motifs is 2. The normalized spacial score (nSPS) is 17.1. The highest BCUT2D eigenvalue weighted by Gasteiger charge is 2.36. The summed E-state index contributed by atoms with van der Waals surface area (Å²) >= 11 is 0. The summed E-state index contributed by atoms with van der Waals surface area (Å²) in [6.45, 7) is 2.21. The summed E-state index contributed by atoms with van der Waals surface area (Å²) < 4.78 is 16.6. The highest BCUT2D eigenvalue weighted by molar-refractivity contribution is 5.71. The van der Waals surface area contributed by atoms with Crippen molar-refractivity contribution in [3.8, 4) is 34.7 Å². The molecule has 3 N–H and O–H groups in total. The molecule has 28 heavy (non-hydrogen) atoms. The number of hydrogen-bond acceptors (Lipinski definition) is 6. The van der Waals surface area contributed by atoms with Gasteiger partial charge in [0.15, 0.2) is 11.5 Å². The van der Waals surface area contributed by atoms with E-state index in [2.05, 4.69) is 16.3 Å². The molecule has 1 atom stereocenters. The van der Waals surface area contributed by atoms with E-state index in [9.17, 15) is 5.26 Å². The fraction of sp³-hybridized carbons (Fsp3) is 0.143. The molecule has 138 valence electrons. The summed E-state index contributed by atoms with van der Waals surface area (Å²) in [7, 11) is 0. The van der Waals surface area contributed by atoms with Gasteiger partial charge in [0.05, 0.1) is 17.2 Å². The Morgan fingerprint density at radius 1 is 1.14 bits per heavy atom. The molecule has 3 aromatic rings. The number of ether oxygens (including phenoxy) is 3. The van der Waals surface area contributed by atoms with Crippen LogP contribution in [0.1, 0.15) is 22.6 Å². The fourth-order valence-corrected chi connectivity index (χ4v) is 3.61. The number of nitrogens with two attached hydrogens (primary N) is 1. The van der Waals surface area contributed by atoms with Crippen molar-refractivity contribution in [2.24, 2.45) is 5.73 Å². The monoisotopic (exact) mass is 372 g/mol. The first-order valence-corrected chi connectivity index (χ1v) is 8.78. The summed E-state index contributed by atoms with van der Waals surface area (Å²) in [6.07, 6.45) is 0. The van der Waals surface area contributed by atoms with Gasteiger partial charge in [0.2, 0.25) is 18.6 Å². The molecule has 5 rings (SSSR count). The van der Waals surface area contributed by atoms with E-state index in [-0.39, 0.29) is 12.7 Å². The van der Waals surface area contributed by atoms with Gasteiger partial charge in [0, 0.05) is 5.56 Å². The molecule has 0 spiro atoms. The van der Waals surface area contributed by atoms with E-state index < -0.39 is 5.92 Å². The van der Waals surface area contributed by atoms with Crippen molar-refractivity contribution in [2.45, 2.75) is 12.8 Å². The third-order valence-corrected chi connectivity index (χ3v) is 5.01. The van der Waals surface area contributed by atoms with Gasteiger partial charge in [-0.3, -0.25) is 5.10 Å². The van der Waals surface area contributed by atoms with E-state index in [1.165, 1.54) is 0 Å². The molecule has 1 unspecified atom stereocenters. The molecule has 0 aliphatic carbocycles. The van der Waals surface area contributed by atoms with Crippen molar-refractivity contribution in [1.82, 2.24) is 10.2 Å². The number of aromatic nitrogens is 2. The number of allylic oxidation sites excluding steroid dienone is 1. The van der Waals surface area contributed by atoms with E-state index in [0.29, 0.717) is 23.0 Å². The predicted octanol–water partition coefficient (Wildman–Crippen LogP) is 3.33. The van der Waals surface area contributed by atoms with Crippen LogP contribution in [0.2, 0.25) is 0 Å². The molecule has 1 aromatic heterocycles. The molecule has 0 radical (unpaired) electrons. The maximum atomic E-state index is 9.79. The number of hydrogen-bond donors (Lipinski definition) is 2. The second-order valence-electron chi connectivity index (χ2n) is 6.72. The minimum atomic E-state index is -0.432. The highest BCUT2D eigenvalue weighted by atomic mass is 16.7. The van der Waals surface area contributed by atoms with Gasteiger partial charge in [0.1, 0.15) is 11.6 Å². The zero-order valence-electron chi connectivity index (χ0n) is 15.0. The molecule has 2 aliphatic rings. The standard InChI is InChI=1S/C21H16N4O3/c1-11-2-4-12(5-3-11)19-18-17(13-6-7-15-16(8-13)27-10-26-15)14(9-22)20(23)28-21(18)25-24-19/h2-8,17H,10,23H2,1H3,(H,24,25). The van der Waals surface area contributed by atoms with Crippen LogP contribution in [0.4, 0.5) is 0 Å². The molecule has 7 nitrogen and oxygen atoms in total. The maximum absolute atomic E-state index is 9.79. The molecule has 2 aromatic carbocycles. The summed E-state index contributed by atoms with van der Waals surface area (Å²) in [5, 5.41) is 17.1. The minimum absolute atomic E-state index is 0.0552. The number of nitriles is 1. The molecule has 0 saturated carbocycles. The van der Waals surface area contributed by atoms with Crippen molar-refractivity contribution < 1.29 is 14.2 Å². The van der Waals surface area contributed by atoms with Crippen molar-refractivity contribution in [2.75, 3.05) is 6.79 Å². The first kappa shape index (κ1) is 16.3. The van der Waals surface area contributed by atoms with Crippen LogP contribution in [0.5, 0.6) is 17.4 Å². The number of nitrogens with one attached hydrogen (secondary N) is 1. The van der Waals surface area contributed by atoms with E-state index in [4.69, 9.17) is 19.9 Å². The number of aromatic amines is 1. The number of aryl methyl sites for hydroxylation is 1. The summed E-state index contributed by atoms with van der Waals surface area (Å²) in [5.74, 6) is 1.31. The van der Waals surface area contributed by atoms with Crippen molar-refractivity contribution >= 4 is 0 Å². The van der Waals surface area contributed by atoms with E-state index in [1.54, 1.807) is 0 Å². The Bertz CT molecular complexity index is 1160. The Hall–Kier alpha value is -3.92. The van der Waals surface area contributed by atoms with Gasteiger partial charge < -0.3 is 19.9 Å².